The number of hydrogen-bond donors (Lipinski definition) is 2. The lowest BCUT2D eigenvalue weighted by atomic mass is 10.0. The molecule has 0 aliphatic carbocycles. The van der Waals surface area contributed by atoms with Gasteiger partial charge in [0, 0.05) is 11.7 Å². The number of benzene rings is 1. The molecule has 0 spiro atoms. The highest BCUT2D eigenvalue weighted by atomic mass is 16.3. The van der Waals surface area contributed by atoms with E-state index < -0.39 is 0 Å². The van der Waals surface area contributed by atoms with Gasteiger partial charge in [-0.05, 0) is 50.4 Å². The van der Waals surface area contributed by atoms with Gasteiger partial charge in [0.15, 0.2) is 0 Å². The Kier molecular flexibility index (Phi) is 5.15. The fraction of sp³-hybridized carbons (Fsp3) is 0.562. The van der Waals surface area contributed by atoms with E-state index in [2.05, 4.69) is 10.2 Å². The predicted molar refractivity (Wildman–Crippen MR) is 80.8 cm³/mol. The van der Waals surface area contributed by atoms with Crippen molar-refractivity contribution in [1.82, 2.24) is 4.90 Å². The summed E-state index contributed by atoms with van der Waals surface area (Å²) in [6.45, 7) is 5.45. The number of anilines is 1. The lowest BCUT2D eigenvalue weighted by Gasteiger charge is -2.33. The maximum atomic E-state index is 12.2. The molecule has 2 N–H and O–H groups in total. The molecule has 1 saturated heterocycles. The molecule has 4 nitrogen and oxygen atoms in total. The lowest BCUT2D eigenvalue weighted by molar-refractivity contribution is -0.118. The average Bonchev–Trinajstić information content (AvgIpc) is 2.44. The van der Waals surface area contributed by atoms with Crippen LogP contribution in [-0.2, 0) is 4.79 Å². The molecular formula is C16H24N2O2. The smallest absolute Gasteiger partial charge is 0.238 e. The molecule has 4 heteroatoms. The third kappa shape index (κ3) is 3.58. The molecular weight excluding hydrogens is 252 g/mol. The average molecular weight is 276 g/mol. The van der Waals surface area contributed by atoms with Crippen LogP contribution in [0.1, 0.15) is 30.4 Å². The van der Waals surface area contributed by atoms with Crippen molar-refractivity contribution < 1.29 is 9.90 Å². The van der Waals surface area contributed by atoms with Crippen molar-refractivity contribution in [3.63, 3.8) is 0 Å². The summed E-state index contributed by atoms with van der Waals surface area (Å²) >= 11 is 0. The predicted octanol–water partition coefficient (Wildman–Crippen LogP) is 2.09. The Morgan fingerprint density at radius 3 is 2.95 bits per heavy atom. The Balaban J connectivity index is 1.96. The first-order valence-corrected chi connectivity index (χ1v) is 7.33. The number of carbonyl (C=O) groups excluding carboxylic acids is 1. The highest BCUT2D eigenvalue weighted by Gasteiger charge is 2.23. The molecule has 1 aliphatic heterocycles. The second kappa shape index (κ2) is 6.86. The zero-order valence-corrected chi connectivity index (χ0v) is 12.4. The summed E-state index contributed by atoms with van der Waals surface area (Å²) in [6, 6.07) is 6.06. The van der Waals surface area contributed by atoms with E-state index in [4.69, 9.17) is 0 Å². The van der Waals surface area contributed by atoms with Crippen molar-refractivity contribution in [3.8, 4) is 0 Å². The van der Waals surface area contributed by atoms with Gasteiger partial charge >= 0.3 is 0 Å². The lowest BCUT2D eigenvalue weighted by Crippen LogP contribution is -2.45. The molecule has 1 unspecified atom stereocenters. The molecule has 0 radical (unpaired) electrons. The van der Waals surface area contributed by atoms with Gasteiger partial charge in [-0.25, -0.2) is 0 Å². The molecule has 110 valence electrons. The molecule has 1 aromatic carbocycles. The van der Waals surface area contributed by atoms with Gasteiger partial charge in [0.05, 0.1) is 13.2 Å². The zero-order valence-electron chi connectivity index (χ0n) is 12.4. The normalized spacial score (nSPS) is 19.9. The highest BCUT2D eigenvalue weighted by Crippen LogP contribution is 2.19. The number of aliphatic hydroxyl groups excluding tert-OH is 1. The molecule has 20 heavy (non-hydrogen) atoms. The largest absolute Gasteiger partial charge is 0.395 e. The van der Waals surface area contributed by atoms with Crippen molar-refractivity contribution in [1.29, 1.82) is 0 Å². The van der Waals surface area contributed by atoms with E-state index in [0.29, 0.717) is 6.54 Å². The molecule has 1 aromatic rings. The van der Waals surface area contributed by atoms with Gasteiger partial charge in [-0.2, -0.15) is 0 Å². The molecule has 1 fully saturated rings. The number of hydrogen-bond acceptors (Lipinski definition) is 3. The van der Waals surface area contributed by atoms with Crippen LogP contribution in [0.2, 0.25) is 0 Å². The van der Waals surface area contributed by atoms with Crippen molar-refractivity contribution in [2.45, 2.75) is 39.2 Å². The number of aryl methyl sites for hydroxylation is 1. The summed E-state index contributed by atoms with van der Waals surface area (Å²) in [7, 11) is 0. The SMILES string of the molecule is Cc1cccc(NC(=O)CN2CCCCC2CO)c1C. The van der Waals surface area contributed by atoms with Crippen molar-refractivity contribution in [3.05, 3.63) is 29.3 Å². The molecule has 1 amide bonds. The number of nitrogens with one attached hydrogen (secondary N) is 1. The molecule has 2 rings (SSSR count). The highest BCUT2D eigenvalue weighted by molar-refractivity contribution is 5.93. The summed E-state index contributed by atoms with van der Waals surface area (Å²) in [4.78, 5) is 14.3. The minimum atomic E-state index is -0.000880. The number of aliphatic hydroxyl groups is 1. The Hall–Kier alpha value is -1.39. The first-order valence-electron chi connectivity index (χ1n) is 7.33. The number of piperidine rings is 1. The van der Waals surface area contributed by atoms with E-state index in [-0.39, 0.29) is 18.6 Å². The molecule has 0 bridgehead atoms. The van der Waals surface area contributed by atoms with Crippen LogP contribution in [0.5, 0.6) is 0 Å². The van der Waals surface area contributed by atoms with E-state index >= 15 is 0 Å². The molecule has 0 aromatic heterocycles. The Morgan fingerprint density at radius 1 is 1.40 bits per heavy atom. The number of amides is 1. The monoisotopic (exact) mass is 276 g/mol. The molecule has 1 aliphatic rings. The van der Waals surface area contributed by atoms with Crippen molar-refractivity contribution >= 4 is 11.6 Å². The summed E-state index contributed by atoms with van der Waals surface area (Å²) in [5.74, 6) is -0.000880. The fourth-order valence-corrected chi connectivity index (χ4v) is 2.74. The van der Waals surface area contributed by atoms with Gasteiger partial charge in [-0.3, -0.25) is 9.69 Å². The Bertz CT molecular complexity index is 474. The number of likely N-dealkylation sites (tertiary alicyclic amines) is 1. The summed E-state index contributed by atoms with van der Waals surface area (Å²) in [6.07, 6.45) is 3.22. The number of nitrogens with zero attached hydrogens (tertiary/aromatic N) is 1. The topological polar surface area (TPSA) is 52.6 Å². The quantitative estimate of drug-likeness (QED) is 0.885. The Labute approximate surface area is 120 Å². The number of carbonyl (C=O) groups is 1. The van der Waals surface area contributed by atoms with Crippen LogP contribution in [0, 0.1) is 13.8 Å². The van der Waals surface area contributed by atoms with Crippen LogP contribution < -0.4 is 5.32 Å². The van der Waals surface area contributed by atoms with Crippen LogP contribution in [0.4, 0.5) is 5.69 Å². The van der Waals surface area contributed by atoms with Crippen molar-refractivity contribution in [2.75, 3.05) is 25.0 Å². The van der Waals surface area contributed by atoms with Gasteiger partial charge in [0.1, 0.15) is 0 Å². The third-order valence-electron chi connectivity index (χ3n) is 4.19. The second-order valence-corrected chi connectivity index (χ2v) is 5.60. The van der Waals surface area contributed by atoms with Gasteiger partial charge in [0.2, 0.25) is 5.91 Å². The third-order valence-corrected chi connectivity index (χ3v) is 4.19. The van der Waals surface area contributed by atoms with Gasteiger partial charge in [-0.15, -0.1) is 0 Å². The second-order valence-electron chi connectivity index (χ2n) is 5.60. The summed E-state index contributed by atoms with van der Waals surface area (Å²) in [5, 5.41) is 12.4. The minimum absolute atomic E-state index is 0.000880. The summed E-state index contributed by atoms with van der Waals surface area (Å²) in [5.41, 5.74) is 3.17. The standard InChI is InChI=1S/C16H24N2O2/c1-12-6-5-8-15(13(12)2)17-16(20)10-18-9-4-3-7-14(18)11-19/h5-6,8,14,19H,3-4,7,9-11H2,1-2H3,(H,17,20). The summed E-state index contributed by atoms with van der Waals surface area (Å²) < 4.78 is 0. The number of rotatable bonds is 4. The van der Waals surface area contributed by atoms with E-state index in [0.717, 1.165) is 37.1 Å². The van der Waals surface area contributed by atoms with Crippen molar-refractivity contribution in [2.24, 2.45) is 0 Å². The van der Waals surface area contributed by atoms with E-state index in [1.165, 1.54) is 5.56 Å². The van der Waals surface area contributed by atoms with Crippen LogP contribution in [0.25, 0.3) is 0 Å². The van der Waals surface area contributed by atoms with E-state index in [9.17, 15) is 9.90 Å². The fourth-order valence-electron chi connectivity index (χ4n) is 2.74. The van der Waals surface area contributed by atoms with Gasteiger partial charge in [-0.1, -0.05) is 18.6 Å². The maximum absolute atomic E-state index is 12.2. The van der Waals surface area contributed by atoms with Gasteiger partial charge in [0.25, 0.3) is 0 Å². The van der Waals surface area contributed by atoms with Crippen LogP contribution in [0.3, 0.4) is 0 Å². The minimum Gasteiger partial charge on any atom is -0.395 e. The van der Waals surface area contributed by atoms with E-state index in [1.807, 2.05) is 32.0 Å². The maximum Gasteiger partial charge on any atom is 0.238 e. The first-order chi connectivity index (χ1) is 9.61. The van der Waals surface area contributed by atoms with Crippen LogP contribution in [-0.4, -0.2) is 41.7 Å². The molecule has 1 heterocycles. The zero-order chi connectivity index (χ0) is 14.5. The van der Waals surface area contributed by atoms with E-state index in [1.54, 1.807) is 0 Å². The van der Waals surface area contributed by atoms with Gasteiger partial charge < -0.3 is 10.4 Å². The van der Waals surface area contributed by atoms with Crippen LogP contribution >= 0.6 is 0 Å². The Morgan fingerprint density at radius 2 is 2.20 bits per heavy atom. The first kappa shape index (κ1) is 15.0. The molecule has 0 saturated carbocycles. The van der Waals surface area contributed by atoms with Crippen LogP contribution in [0.15, 0.2) is 18.2 Å². The molecule has 1 atom stereocenters.